The van der Waals surface area contributed by atoms with Crippen LogP contribution >= 0.6 is 0 Å². The molecule has 1 saturated heterocycles. The molecule has 1 aromatic rings. The lowest BCUT2D eigenvalue weighted by Crippen LogP contribution is -2.62. The van der Waals surface area contributed by atoms with Crippen LogP contribution in [-0.2, 0) is 0 Å². The fraction of sp³-hybridized carbons (Fsp3) is 0.455. The zero-order valence-electron chi connectivity index (χ0n) is 9.83. The largest absolute Gasteiger partial charge is 0.385 e. The molecular weight excluding hydrogens is 236 g/mol. The molecule has 0 amide bonds. The monoisotopic (exact) mass is 248 g/mol. The lowest BCUT2D eigenvalue weighted by atomic mass is 9.91. The summed E-state index contributed by atoms with van der Waals surface area (Å²) < 4.78 is 0. The van der Waals surface area contributed by atoms with E-state index in [2.05, 4.69) is 4.98 Å². The summed E-state index contributed by atoms with van der Waals surface area (Å²) in [6.45, 7) is 2.13. The first-order valence-electron chi connectivity index (χ1n) is 5.41. The van der Waals surface area contributed by atoms with Gasteiger partial charge in [-0.3, -0.25) is 10.1 Å². The topological polar surface area (TPSA) is 103 Å². The number of hydrogen-bond acceptors (Lipinski definition) is 6. The molecule has 0 bridgehead atoms. The Kier molecular flexibility index (Phi) is 2.88. The Morgan fingerprint density at radius 1 is 1.67 bits per heavy atom. The smallest absolute Gasteiger partial charge is 0.311 e. The number of hydrogen-bond donors (Lipinski definition) is 1. The van der Waals surface area contributed by atoms with Crippen LogP contribution in [0.25, 0.3) is 0 Å². The number of rotatable bonds is 3. The van der Waals surface area contributed by atoms with Crippen LogP contribution in [0.4, 0.5) is 11.5 Å². The van der Waals surface area contributed by atoms with Crippen LogP contribution in [0.3, 0.4) is 0 Å². The van der Waals surface area contributed by atoms with Gasteiger partial charge in [0.15, 0.2) is 0 Å². The normalized spacial score (nSPS) is 16.8. The molecule has 0 atom stereocenters. The lowest BCUT2D eigenvalue weighted by molar-refractivity contribution is -0.384. The number of β-amino-alcohol motifs (C(OH)–C–C–N with tert-alkyl or cyclic N) is 1. The van der Waals surface area contributed by atoms with Gasteiger partial charge in [0.2, 0.25) is 5.82 Å². The molecule has 7 heteroatoms. The number of aromatic nitrogens is 1. The quantitative estimate of drug-likeness (QED) is 0.625. The molecule has 1 aliphatic rings. The summed E-state index contributed by atoms with van der Waals surface area (Å²) in [6.07, 6.45) is 0.0170. The molecule has 18 heavy (non-hydrogen) atoms. The van der Waals surface area contributed by atoms with Gasteiger partial charge in [-0.25, -0.2) is 4.98 Å². The molecule has 0 unspecified atom stereocenters. The summed E-state index contributed by atoms with van der Waals surface area (Å²) in [6, 6.07) is 4.87. The summed E-state index contributed by atoms with van der Waals surface area (Å²) >= 11 is 0. The van der Waals surface area contributed by atoms with Gasteiger partial charge >= 0.3 is 5.69 Å². The Labute approximate surface area is 103 Å². The van der Waals surface area contributed by atoms with Crippen molar-refractivity contribution in [3.63, 3.8) is 0 Å². The number of nitriles is 1. The molecule has 2 heterocycles. The van der Waals surface area contributed by atoms with E-state index in [1.165, 1.54) is 6.07 Å². The summed E-state index contributed by atoms with van der Waals surface area (Å²) in [7, 11) is 0. The van der Waals surface area contributed by atoms with Crippen LogP contribution in [0, 0.1) is 28.4 Å². The molecule has 0 aliphatic carbocycles. The van der Waals surface area contributed by atoms with Gasteiger partial charge in [-0.15, -0.1) is 0 Å². The van der Waals surface area contributed by atoms with Crippen molar-refractivity contribution in [1.82, 2.24) is 4.98 Å². The summed E-state index contributed by atoms with van der Waals surface area (Å²) in [5.41, 5.74) is -0.487. The van der Waals surface area contributed by atoms with Crippen molar-refractivity contribution in [2.24, 2.45) is 0 Å². The van der Waals surface area contributed by atoms with E-state index in [0.717, 1.165) is 0 Å². The first-order chi connectivity index (χ1) is 8.45. The van der Waals surface area contributed by atoms with E-state index in [1.54, 1.807) is 17.9 Å². The van der Waals surface area contributed by atoms with Crippen molar-refractivity contribution >= 4 is 11.5 Å². The van der Waals surface area contributed by atoms with Crippen LogP contribution < -0.4 is 4.90 Å². The molecular formula is C11H12N4O3. The van der Waals surface area contributed by atoms with Crippen molar-refractivity contribution in [2.45, 2.75) is 18.9 Å². The average Bonchev–Trinajstić information content (AvgIpc) is 2.25. The number of aliphatic hydroxyl groups is 1. The average molecular weight is 248 g/mol. The zero-order valence-corrected chi connectivity index (χ0v) is 9.83. The Balaban J connectivity index is 2.24. The minimum absolute atomic E-state index is 0.0170. The second-order valence-electron chi connectivity index (χ2n) is 4.47. The van der Waals surface area contributed by atoms with Gasteiger partial charge in [0, 0.05) is 11.8 Å². The highest BCUT2D eigenvalue weighted by Crippen LogP contribution is 2.34. The Morgan fingerprint density at radius 2 is 2.33 bits per heavy atom. The third-order valence-corrected chi connectivity index (χ3v) is 2.87. The number of nitro groups is 1. The molecule has 2 rings (SSSR count). The zero-order chi connectivity index (χ0) is 13.3. The summed E-state index contributed by atoms with van der Waals surface area (Å²) in [4.78, 5) is 16.1. The van der Waals surface area contributed by atoms with E-state index in [0.29, 0.717) is 5.69 Å². The number of anilines is 1. The van der Waals surface area contributed by atoms with E-state index in [4.69, 9.17) is 5.26 Å². The Bertz CT molecular complexity index is 532. The molecule has 1 aromatic heterocycles. The Morgan fingerprint density at radius 3 is 2.89 bits per heavy atom. The molecule has 1 N–H and O–H groups in total. The molecule has 1 aliphatic heterocycles. The van der Waals surface area contributed by atoms with Crippen molar-refractivity contribution in [3.05, 3.63) is 27.9 Å². The van der Waals surface area contributed by atoms with E-state index in [9.17, 15) is 15.2 Å². The third-order valence-electron chi connectivity index (χ3n) is 2.87. The highest BCUT2D eigenvalue weighted by Gasteiger charge is 2.43. The van der Waals surface area contributed by atoms with E-state index in [-0.39, 0.29) is 31.0 Å². The highest BCUT2D eigenvalue weighted by molar-refractivity contribution is 5.60. The maximum Gasteiger partial charge on any atom is 0.311 e. The van der Waals surface area contributed by atoms with Gasteiger partial charge < -0.3 is 10.0 Å². The van der Waals surface area contributed by atoms with Gasteiger partial charge in [-0.2, -0.15) is 5.26 Å². The minimum Gasteiger partial charge on any atom is -0.385 e. The van der Waals surface area contributed by atoms with Crippen LogP contribution in [-0.4, -0.2) is 33.7 Å². The second kappa shape index (κ2) is 4.23. The predicted molar refractivity (Wildman–Crippen MR) is 63.0 cm³/mol. The van der Waals surface area contributed by atoms with Gasteiger partial charge in [0.1, 0.15) is 5.60 Å². The SMILES string of the molecule is Cc1ccc([N+](=O)[O-])c(N2CC(O)(CC#N)C2)n1. The molecule has 0 spiro atoms. The number of nitrogens with zero attached hydrogens (tertiary/aromatic N) is 4. The van der Waals surface area contributed by atoms with Gasteiger partial charge in [0.25, 0.3) is 0 Å². The second-order valence-corrected chi connectivity index (χ2v) is 4.47. The fourth-order valence-electron chi connectivity index (χ4n) is 1.98. The molecule has 1 fully saturated rings. The van der Waals surface area contributed by atoms with E-state index >= 15 is 0 Å². The Hall–Kier alpha value is -2.20. The van der Waals surface area contributed by atoms with Crippen LogP contribution in [0.1, 0.15) is 12.1 Å². The molecule has 94 valence electrons. The first-order valence-corrected chi connectivity index (χ1v) is 5.41. The first kappa shape index (κ1) is 12.3. The van der Waals surface area contributed by atoms with Gasteiger partial charge in [-0.1, -0.05) is 0 Å². The van der Waals surface area contributed by atoms with Gasteiger partial charge in [-0.05, 0) is 13.0 Å². The molecule has 0 radical (unpaired) electrons. The van der Waals surface area contributed by atoms with E-state index in [1.807, 2.05) is 6.07 Å². The summed E-state index contributed by atoms with van der Waals surface area (Å²) in [5.74, 6) is 0.252. The van der Waals surface area contributed by atoms with Gasteiger partial charge in [0.05, 0.1) is 30.5 Å². The standard InChI is InChI=1S/C11H12N4O3/c1-8-2-3-9(15(17)18)10(13-8)14-6-11(16,7-14)4-5-12/h2-3,16H,4,6-7H2,1H3. The van der Waals surface area contributed by atoms with Crippen LogP contribution in [0.2, 0.25) is 0 Å². The van der Waals surface area contributed by atoms with E-state index < -0.39 is 10.5 Å². The predicted octanol–water partition coefficient (Wildman–Crippen LogP) is 0.763. The van der Waals surface area contributed by atoms with Crippen molar-refractivity contribution in [1.29, 1.82) is 5.26 Å². The van der Waals surface area contributed by atoms with Crippen LogP contribution in [0.5, 0.6) is 0 Å². The molecule has 7 nitrogen and oxygen atoms in total. The molecule has 0 aromatic carbocycles. The fourth-order valence-corrected chi connectivity index (χ4v) is 1.98. The van der Waals surface area contributed by atoms with Crippen molar-refractivity contribution in [2.75, 3.05) is 18.0 Å². The number of pyridine rings is 1. The third kappa shape index (κ3) is 2.10. The maximum atomic E-state index is 10.9. The van der Waals surface area contributed by atoms with Crippen molar-refractivity contribution < 1.29 is 10.0 Å². The lowest BCUT2D eigenvalue weighted by Gasteiger charge is -2.45. The molecule has 0 saturated carbocycles. The highest BCUT2D eigenvalue weighted by atomic mass is 16.6. The summed E-state index contributed by atoms with van der Waals surface area (Å²) in [5, 5.41) is 29.3. The maximum absolute atomic E-state index is 10.9. The minimum atomic E-state index is -1.08. The van der Waals surface area contributed by atoms with Crippen LogP contribution in [0.15, 0.2) is 12.1 Å². The van der Waals surface area contributed by atoms with Crippen molar-refractivity contribution in [3.8, 4) is 6.07 Å². The number of aryl methyl sites for hydroxylation is 1.